The molecular weight excluding hydrogens is 360 g/mol. The van der Waals surface area contributed by atoms with Crippen LogP contribution in [0.4, 0.5) is 0 Å². The van der Waals surface area contributed by atoms with E-state index in [-0.39, 0.29) is 5.91 Å². The van der Waals surface area contributed by atoms with Crippen LogP contribution in [0.15, 0.2) is 17.5 Å². The van der Waals surface area contributed by atoms with Crippen LogP contribution >= 0.6 is 11.3 Å². The highest BCUT2D eigenvalue weighted by molar-refractivity contribution is 7.86. The van der Waals surface area contributed by atoms with Crippen LogP contribution in [0.1, 0.15) is 11.3 Å². The largest absolute Gasteiger partial charge is 0.340 e. The zero-order valence-electron chi connectivity index (χ0n) is 14.6. The first-order chi connectivity index (χ1) is 12.0. The van der Waals surface area contributed by atoms with Gasteiger partial charge >= 0.3 is 0 Å². The van der Waals surface area contributed by atoms with Crippen LogP contribution in [-0.2, 0) is 21.4 Å². The number of carbonyl (C=O) groups is 1. The number of hydrogen-bond acceptors (Lipinski definition) is 5. The molecule has 1 aromatic heterocycles. The SMILES string of the molecule is CN1CCN(S(=O)(=O)N2CCN(C(=O)CCc3cccs3)CC2)CC1. The molecular formula is C16H26N4O3S2. The Morgan fingerprint density at radius 1 is 1.04 bits per heavy atom. The fourth-order valence-corrected chi connectivity index (χ4v) is 5.48. The molecule has 1 amide bonds. The average molecular weight is 387 g/mol. The minimum atomic E-state index is -3.40. The maximum Gasteiger partial charge on any atom is 0.282 e. The van der Waals surface area contributed by atoms with Gasteiger partial charge in [-0.2, -0.15) is 17.0 Å². The third-order valence-electron chi connectivity index (χ3n) is 4.87. The molecule has 0 saturated carbocycles. The van der Waals surface area contributed by atoms with Crippen LogP contribution in [0.2, 0.25) is 0 Å². The van der Waals surface area contributed by atoms with E-state index in [1.54, 1.807) is 20.5 Å². The maximum absolute atomic E-state index is 12.7. The number of piperazine rings is 2. The Kier molecular flexibility index (Phi) is 6.11. The van der Waals surface area contributed by atoms with Crippen molar-refractivity contribution in [1.29, 1.82) is 0 Å². The van der Waals surface area contributed by atoms with Crippen molar-refractivity contribution >= 4 is 27.5 Å². The molecule has 2 aliphatic heterocycles. The first kappa shape index (κ1) is 18.8. The highest BCUT2D eigenvalue weighted by Crippen LogP contribution is 2.16. The lowest BCUT2D eigenvalue weighted by Crippen LogP contribution is -2.57. The molecule has 7 nitrogen and oxygen atoms in total. The second kappa shape index (κ2) is 8.13. The van der Waals surface area contributed by atoms with E-state index < -0.39 is 10.2 Å². The lowest BCUT2D eigenvalue weighted by Gasteiger charge is -2.39. The van der Waals surface area contributed by atoms with E-state index in [1.165, 1.54) is 9.18 Å². The van der Waals surface area contributed by atoms with Crippen LogP contribution in [0.5, 0.6) is 0 Å². The Bertz CT molecular complexity index is 662. The quantitative estimate of drug-likeness (QED) is 0.731. The van der Waals surface area contributed by atoms with E-state index in [2.05, 4.69) is 4.90 Å². The fourth-order valence-electron chi connectivity index (χ4n) is 3.19. The Morgan fingerprint density at radius 2 is 1.64 bits per heavy atom. The summed E-state index contributed by atoms with van der Waals surface area (Å²) in [5.74, 6) is 0.116. The van der Waals surface area contributed by atoms with Crippen molar-refractivity contribution in [3.05, 3.63) is 22.4 Å². The molecule has 0 unspecified atom stereocenters. The van der Waals surface area contributed by atoms with E-state index in [0.29, 0.717) is 45.7 Å². The summed E-state index contributed by atoms with van der Waals surface area (Å²) in [6.07, 6.45) is 1.25. The lowest BCUT2D eigenvalue weighted by molar-refractivity contribution is -0.132. The molecule has 2 aliphatic rings. The molecule has 0 aromatic carbocycles. The summed E-state index contributed by atoms with van der Waals surface area (Å²) >= 11 is 1.66. The molecule has 0 radical (unpaired) electrons. The highest BCUT2D eigenvalue weighted by atomic mass is 32.2. The number of amides is 1. The molecule has 0 aliphatic carbocycles. The molecule has 2 saturated heterocycles. The molecule has 0 N–H and O–H groups in total. The summed E-state index contributed by atoms with van der Waals surface area (Å²) in [5, 5.41) is 2.02. The van der Waals surface area contributed by atoms with Crippen molar-refractivity contribution in [3.63, 3.8) is 0 Å². The summed E-state index contributed by atoms with van der Waals surface area (Å²) in [7, 11) is -1.40. The summed E-state index contributed by atoms with van der Waals surface area (Å²) < 4.78 is 28.6. The zero-order valence-corrected chi connectivity index (χ0v) is 16.3. The number of aryl methyl sites for hydroxylation is 1. The van der Waals surface area contributed by atoms with Gasteiger partial charge in [0.2, 0.25) is 5.91 Å². The highest BCUT2D eigenvalue weighted by Gasteiger charge is 2.34. The second-order valence-electron chi connectivity index (χ2n) is 6.57. The van der Waals surface area contributed by atoms with E-state index in [9.17, 15) is 13.2 Å². The van der Waals surface area contributed by atoms with E-state index >= 15 is 0 Å². The van der Waals surface area contributed by atoms with Crippen LogP contribution in [-0.4, -0.2) is 92.1 Å². The predicted octanol–water partition coefficient (Wildman–Crippen LogP) is 0.317. The van der Waals surface area contributed by atoms with Gasteiger partial charge < -0.3 is 9.80 Å². The normalized spacial score (nSPS) is 21.6. The van der Waals surface area contributed by atoms with E-state index in [0.717, 1.165) is 19.5 Å². The van der Waals surface area contributed by atoms with Crippen LogP contribution in [0, 0.1) is 0 Å². The third-order valence-corrected chi connectivity index (χ3v) is 7.84. The van der Waals surface area contributed by atoms with Gasteiger partial charge in [0.05, 0.1) is 0 Å². The topological polar surface area (TPSA) is 64.2 Å². The number of thiophene rings is 1. The van der Waals surface area contributed by atoms with Crippen molar-refractivity contribution < 1.29 is 13.2 Å². The summed E-state index contributed by atoms with van der Waals surface area (Å²) in [4.78, 5) is 17.5. The fraction of sp³-hybridized carbons (Fsp3) is 0.688. The first-order valence-electron chi connectivity index (χ1n) is 8.71. The molecule has 25 heavy (non-hydrogen) atoms. The number of carbonyl (C=O) groups excluding carboxylic acids is 1. The lowest BCUT2D eigenvalue weighted by atomic mass is 10.2. The number of hydrogen-bond donors (Lipinski definition) is 0. The monoisotopic (exact) mass is 386 g/mol. The molecule has 3 rings (SSSR count). The molecule has 1 aromatic rings. The Balaban J connectivity index is 1.48. The Morgan fingerprint density at radius 3 is 2.20 bits per heavy atom. The van der Waals surface area contributed by atoms with Gasteiger partial charge in [0.15, 0.2) is 0 Å². The van der Waals surface area contributed by atoms with Crippen molar-refractivity contribution in [2.75, 3.05) is 59.4 Å². The molecule has 9 heteroatoms. The average Bonchev–Trinajstić information content (AvgIpc) is 3.14. The summed E-state index contributed by atoms with van der Waals surface area (Å²) in [5.41, 5.74) is 0. The molecule has 2 fully saturated rings. The van der Waals surface area contributed by atoms with E-state index in [4.69, 9.17) is 0 Å². The van der Waals surface area contributed by atoms with Gasteiger partial charge in [-0.05, 0) is 24.9 Å². The van der Waals surface area contributed by atoms with Crippen molar-refractivity contribution in [2.24, 2.45) is 0 Å². The number of rotatable bonds is 5. The summed E-state index contributed by atoms with van der Waals surface area (Å²) in [6.45, 7) is 4.35. The Hall–Kier alpha value is -1.00. The standard InChI is InChI=1S/C16H26N4O3S2/c1-17-6-10-19(11-7-17)25(22,23)20-12-8-18(9-13-20)16(21)5-4-15-3-2-14-24-15/h2-3,14H,4-13H2,1H3. The molecule has 0 bridgehead atoms. The summed E-state index contributed by atoms with van der Waals surface area (Å²) in [6, 6.07) is 4.03. The predicted molar refractivity (Wildman–Crippen MR) is 98.8 cm³/mol. The van der Waals surface area contributed by atoms with Gasteiger partial charge in [-0.1, -0.05) is 6.07 Å². The van der Waals surface area contributed by atoms with Crippen LogP contribution < -0.4 is 0 Å². The van der Waals surface area contributed by atoms with Gasteiger partial charge in [0.25, 0.3) is 10.2 Å². The zero-order chi connectivity index (χ0) is 17.9. The smallest absolute Gasteiger partial charge is 0.282 e. The van der Waals surface area contributed by atoms with Crippen molar-refractivity contribution in [1.82, 2.24) is 18.4 Å². The van der Waals surface area contributed by atoms with Gasteiger partial charge in [-0.15, -0.1) is 11.3 Å². The Labute approximate surface area is 154 Å². The van der Waals surface area contributed by atoms with Crippen LogP contribution in [0.3, 0.4) is 0 Å². The molecule has 0 spiro atoms. The van der Waals surface area contributed by atoms with Crippen LogP contribution in [0.25, 0.3) is 0 Å². The maximum atomic E-state index is 12.7. The van der Waals surface area contributed by atoms with Crippen molar-refractivity contribution in [3.8, 4) is 0 Å². The van der Waals surface area contributed by atoms with Gasteiger partial charge in [-0.25, -0.2) is 0 Å². The molecule has 140 valence electrons. The van der Waals surface area contributed by atoms with Gasteiger partial charge in [-0.3, -0.25) is 4.79 Å². The van der Waals surface area contributed by atoms with Gasteiger partial charge in [0.1, 0.15) is 0 Å². The second-order valence-corrected chi connectivity index (χ2v) is 9.53. The number of likely N-dealkylation sites (N-methyl/N-ethyl adjacent to an activating group) is 1. The van der Waals surface area contributed by atoms with E-state index in [1.807, 2.05) is 24.6 Å². The molecule has 3 heterocycles. The van der Waals surface area contributed by atoms with Crippen molar-refractivity contribution in [2.45, 2.75) is 12.8 Å². The minimum absolute atomic E-state index is 0.116. The molecule has 0 atom stereocenters. The third kappa shape index (κ3) is 4.59. The minimum Gasteiger partial charge on any atom is -0.340 e. The first-order valence-corrected chi connectivity index (χ1v) is 11.0. The number of nitrogens with zero attached hydrogens (tertiary/aromatic N) is 4. The van der Waals surface area contributed by atoms with Gasteiger partial charge in [0, 0.05) is 63.7 Å².